The summed E-state index contributed by atoms with van der Waals surface area (Å²) in [6.45, 7) is 7.32. The van der Waals surface area contributed by atoms with Crippen LogP contribution in [-0.2, 0) is 24.3 Å². The van der Waals surface area contributed by atoms with Crippen LogP contribution in [0.25, 0.3) is 0 Å². The molecule has 0 unspecified atom stereocenters. The van der Waals surface area contributed by atoms with E-state index in [1.807, 2.05) is 5.32 Å². The zero-order valence-corrected chi connectivity index (χ0v) is 18.2. The van der Waals surface area contributed by atoms with Crippen LogP contribution in [0.3, 0.4) is 0 Å². The van der Waals surface area contributed by atoms with Gasteiger partial charge in [0.05, 0.1) is 22.7 Å². The molecule has 2 rings (SSSR count). The SMILES string of the molecule is CCNC(=O)NC(=O)[C@@H](C)OC(=O)c1cccc(S(=O)(=O)N2C[C@H](C)O[C@@H](C)C2)c1. The fourth-order valence-electron chi connectivity index (χ4n) is 2.96. The number of hydrogen-bond donors (Lipinski definition) is 2. The van der Waals surface area contributed by atoms with E-state index in [2.05, 4.69) is 5.32 Å². The first-order chi connectivity index (χ1) is 14.0. The fourth-order valence-corrected chi connectivity index (χ4v) is 4.60. The van der Waals surface area contributed by atoms with Crippen LogP contribution in [0.5, 0.6) is 0 Å². The molecule has 0 radical (unpaired) electrons. The number of carbonyl (C=O) groups excluding carboxylic acids is 3. The molecule has 1 aromatic rings. The molecule has 0 bridgehead atoms. The Morgan fingerprint density at radius 1 is 1.23 bits per heavy atom. The van der Waals surface area contributed by atoms with Gasteiger partial charge in [-0.15, -0.1) is 0 Å². The number of nitrogens with zero attached hydrogens (tertiary/aromatic N) is 1. The molecule has 3 amide bonds. The number of nitrogens with one attached hydrogen (secondary N) is 2. The summed E-state index contributed by atoms with van der Waals surface area (Å²) < 4.78 is 37.9. The Labute approximate surface area is 176 Å². The predicted octanol–water partition coefficient (Wildman–Crippen LogP) is 0.876. The minimum atomic E-state index is -3.84. The van der Waals surface area contributed by atoms with Crippen molar-refractivity contribution in [3.05, 3.63) is 29.8 Å². The van der Waals surface area contributed by atoms with Crippen LogP contribution in [0.2, 0.25) is 0 Å². The molecular weight excluding hydrogens is 414 g/mol. The molecule has 1 fully saturated rings. The summed E-state index contributed by atoms with van der Waals surface area (Å²) in [7, 11) is -3.84. The van der Waals surface area contributed by atoms with Crippen molar-refractivity contribution in [2.45, 2.75) is 50.9 Å². The van der Waals surface area contributed by atoms with Gasteiger partial charge in [-0.05, 0) is 45.9 Å². The molecule has 166 valence electrons. The summed E-state index contributed by atoms with van der Waals surface area (Å²) in [5, 5.41) is 4.43. The Balaban J connectivity index is 2.11. The number of amides is 3. The first kappa shape index (κ1) is 23.8. The van der Waals surface area contributed by atoms with Gasteiger partial charge in [-0.25, -0.2) is 18.0 Å². The lowest BCUT2D eigenvalue weighted by atomic mass is 10.2. The van der Waals surface area contributed by atoms with Crippen LogP contribution in [0, 0.1) is 0 Å². The van der Waals surface area contributed by atoms with Crippen LogP contribution in [-0.4, -0.2) is 68.6 Å². The molecule has 1 aliphatic heterocycles. The molecule has 1 heterocycles. The van der Waals surface area contributed by atoms with Gasteiger partial charge >= 0.3 is 12.0 Å². The van der Waals surface area contributed by atoms with Crippen molar-refractivity contribution in [1.82, 2.24) is 14.9 Å². The van der Waals surface area contributed by atoms with E-state index in [4.69, 9.17) is 9.47 Å². The average Bonchev–Trinajstić information content (AvgIpc) is 2.67. The lowest BCUT2D eigenvalue weighted by Crippen LogP contribution is -2.48. The van der Waals surface area contributed by atoms with Gasteiger partial charge in [0, 0.05) is 19.6 Å². The predicted molar refractivity (Wildman–Crippen MR) is 107 cm³/mol. The van der Waals surface area contributed by atoms with Crippen molar-refractivity contribution in [1.29, 1.82) is 0 Å². The number of ether oxygens (including phenoxy) is 2. The number of hydrogen-bond acceptors (Lipinski definition) is 7. The molecule has 0 spiro atoms. The van der Waals surface area contributed by atoms with E-state index >= 15 is 0 Å². The lowest BCUT2D eigenvalue weighted by Gasteiger charge is -2.34. The minimum Gasteiger partial charge on any atom is -0.449 e. The smallest absolute Gasteiger partial charge is 0.338 e. The van der Waals surface area contributed by atoms with E-state index in [0.717, 1.165) is 0 Å². The van der Waals surface area contributed by atoms with Crippen molar-refractivity contribution in [2.75, 3.05) is 19.6 Å². The van der Waals surface area contributed by atoms with Crippen molar-refractivity contribution in [3.8, 4) is 0 Å². The van der Waals surface area contributed by atoms with E-state index in [0.29, 0.717) is 6.54 Å². The van der Waals surface area contributed by atoms with E-state index in [1.54, 1.807) is 20.8 Å². The van der Waals surface area contributed by atoms with Crippen molar-refractivity contribution >= 4 is 27.9 Å². The molecule has 3 atom stereocenters. The van der Waals surface area contributed by atoms with Crippen molar-refractivity contribution < 1.29 is 32.3 Å². The van der Waals surface area contributed by atoms with Crippen molar-refractivity contribution in [3.63, 3.8) is 0 Å². The van der Waals surface area contributed by atoms with Crippen LogP contribution in [0.1, 0.15) is 38.1 Å². The molecule has 11 heteroatoms. The number of urea groups is 1. The second-order valence-electron chi connectivity index (χ2n) is 7.00. The molecule has 0 aliphatic carbocycles. The minimum absolute atomic E-state index is 0.0249. The van der Waals surface area contributed by atoms with Crippen molar-refractivity contribution in [2.24, 2.45) is 0 Å². The Morgan fingerprint density at radius 3 is 2.47 bits per heavy atom. The standard InChI is InChI=1S/C19H27N3O7S/c1-5-20-19(25)21-17(23)14(4)29-18(24)15-7-6-8-16(9-15)30(26,27)22-10-12(2)28-13(3)11-22/h6-9,12-14H,5,10-11H2,1-4H3,(H2,20,21,23,25)/t12-,13-,14+/m0/s1. The number of carbonyl (C=O) groups is 3. The maximum absolute atomic E-state index is 13.0. The van der Waals surface area contributed by atoms with Crippen LogP contribution in [0.15, 0.2) is 29.2 Å². The largest absolute Gasteiger partial charge is 0.449 e. The molecule has 1 aliphatic rings. The summed E-state index contributed by atoms with van der Waals surface area (Å²) in [5.41, 5.74) is -0.0249. The molecular formula is C19H27N3O7S. The third kappa shape index (κ3) is 6.00. The maximum atomic E-state index is 13.0. The lowest BCUT2D eigenvalue weighted by molar-refractivity contribution is -0.127. The first-order valence-corrected chi connectivity index (χ1v) is 11.0. The maximum Gasteiger partial charge on any atom is 0.338 e. The highest BCUT2D eigenvalue weighted by Gasteiger charge is 2.32. The average molecular weight is 442 g/mol. The van der Waals surface area contributed by atoms with Gasteiger partial charge < -0.3 is 14.8 Å². The number of rotatable bonds is 6. The Bertz CT molecular complexity index is 893. The second-order valence-corrected chi connectivity index (χ2v) is 8.94. The van der Waals surface area contributed by atoms with Crippen LogP contribution >= 0.6 is 0 Å². The number of morpholine rings is 1. The van der Waals surface area contributed by atoms with Gasteiger partial charge in [-0.1, -0.05) is 6.07 Å². The molecule has 0 saturated carbocycles. The number of esters is 1. The molecule has 1 aromatic carbocycles. The number of benzene rings is 1. The van der Waals surface area contributed by atoms with Gasteiger partial charge in [0.2, 0.25) is 10.0 Å². The quantitative estimate of drug-likeness (QED) is 0.626. The van der Waals surface area contributed by atoms with Gasteiger partial charge in [-0.2, -0.15) is 4.31 Å². The highest BCUT2D eigenvalue weighted by molar-refractivity contribution is 7.89. The molecule has 0 aromatic heterocycles. The zero-order chi connectivity index (χ0) is 22.5. The Kier molecular flexibility index (Phi) is 7.93. The highest BCUT2D eigenvalue weighted by atomic mass is 32.2. The number of imide groups is 1. The van der Waals surface area contributed by atoms with E-state index in [-0.39, 0.29) is 35.8 Å². The fraction of sp³-hybridized carbons (Fsp3) is 0.526. The summed E-state index contributed by atoms with van der Waals surface area (Å²) in [6, 6.07) is 4.71. The van der Waals surface area contributed by atoms with Gasteiger partial charge in [0.15, 0.2) is 6.10 Å². The zero-order valence-electron chi connectivity index (χ0n) is 17.4. The normalized spacial score (nSPS) is 20.8. The van der Waals surface area contributed by atoms with E-state index in [1.165, 1.54) is 35.5 Å². The van der Waals surface area contributed by atoms with Crippen LogP contribution in [0.4, 0.5) is 4.79 Å². The first-order valence-electron chi connectivity index (χ1n) is 9.60. The van der Waals surface area contributed by atoms with Gasteiger partial charge in [-0.3, -0.25) is 10.1 Å². The third-order valence-electron chi connectivity index (χ3n) is 4.32. The molecule has 1 saturated heterocycles. The van der Waals surface area contributed by atoms with E-state index < -0.39 is 34.0 Å². The Morgan fingerprint density at radius 2 is 1.87 bits per heavy atom. The highest BCUT2D eigenvalue weighted by Crippen LogP contribution is 2.22. The summed E-state index contributed by atoms with van der Waals surface area (Å²) in [5.74, 6) is -1.68. The number of sulfonamides is 1. The molecule has 30 heavy (non-hydrogen) atoms. The Hall–Kier alpha value is -2.50. The van der Waals surface area contributed by atoms with Gasteiger partial charge in [0.25, 0.3) is 5.91 Å². The van der Waals surface area contributed by atoms with Gasteiger partial charge in [0.1, 0.15) is 0 Å². The summed E-state index contributed by atoms with van der Waals surface area (Å²) in [4.78, 5) is 35.7. The topological polar surface area (TPSA) is 131 Å². The monoisotopic (exact) mass is 441 g/mol. The second kappa shape index (κ2) is 10.0. The van der Waals surface area contributed by atoms with Crippen LogP contribution < -0.4 is 10.6 Å². The molecule has 2 N–H and O–H groups in total. The van der Waals surface area contributed by atoms with E-state index in [9.17, 15) is 22.8 Å². The summed E-state index contributed by atoms with van der Waals surface area (Å²) >= 11 is 0. The molecule has 10 nitrogen and oxygen atoms in total. The summed E-state index contributed by atoms with van der Waals surface area (Å²) in [6.07, 6.45) is -1.75. The third-order valence-corrected chi connectivity index (χ3v) is 6.15.